The van der Waals surface area contributed by atoms with Crippen molar-refractivity contribution >= 4 is 58.8 Å². The van der Waals surface area contributed by atoms with Gasteiger partial charge in [0.25, 0.3) is 0 Å². The monoisotopic (exact) mass is 704 g/mol. The van der Waals surface area contributed by atoms with E-state index in [1.165, 1.54) is 69.7 Å². The van der Waals surface area contributed by atoms with E-state index in [2.05, 4.69) is 199 Å². The number of nitrogens with zero attached hydrogens (tertiary/aromatic N) is 2. The van der Waals surface area contributed by atoms with E-state index in [9.17, 15) is 0 Å². The maximum atomic E-state index is 5.10. The molecule has 7 aromatic carbocycles. The Bertz CT molecular complexity index is 3120. The van der Waals surface area contributed by atoms with Crippen molar-refractivity contribution in [2.24, 2.45) is 0 Å². The molecule has 0 aliphatic carbocycles. The smallest absolute Gasteiger partial charge is 0.109 e. The summed E-state index contributed by atoms with van der Waals surface area (Å²) in [7, 11) is 0. The van der Waals surface area contributed by atoms with Gasteiger partial charge in [-0.2, -0.15) is 0 Å². The Kier molecular flexibility index (Phi) is 7.07. The molecule has 0 saturated heterocycles. The fourth-order valence-corrected chi connectivity index (χ4v) is 9.49. The van der Waals surface area contributed by atoms with Crippen LogP contribution in [-0.4, -0.2) is 9.38 Å². The second-order valence-electron chi connectivity index (χ2n) is 13.9. The van der Waals surface area contributed by atoms with Crippen molar-refractivity contribution < 1.29 is 0 Å². The van der Waals surface area contributed by atoms with Gasteiger partial charge in [0.1, 0.15) is 4.83 Å². The Morgan fingerprint density at radius 2 is 0.907 bits per heavy atom. The maximum absolute atomic E-state index is 5.10. The lowest BCUT2D eigenvalue weighted by atomic mass is 9.95. The van der Waals surface area contributed by atoms with E-state index in [4.69, 9.17) is 4.98 Å². The van der Waals surface area contributed by atoms with Gasteiger partial charge < -0.3 is 0 Å². The second-order valence-corrected chi connectivity index (χ2v) is 14.9. The van der Waals surface area contributed by atoms with Crippen LogP contribution in [0.5, 0.6) is 0 Å². The van der Waals surface area contributed by atoms with Crippen LogP contribution in [0.25, 0.3) is 103 Å². The number of hydrogen-bond acceptors (Lipinski definition) is 2. The number of rotatable bonds is 5. The highest BCUT2D eigenvalue weighted by Gasteiger charge is 2.22. The molecule has 3 heteroatoms. The summed E-state index contributed by atoms with van der Waals surface area (Å²) in [6.45, 7) is 0. The van der Waals surface area contributed by atoms with Crippen molar-refractivity contribution in [1.29, 1.82) is 0 Å². The van der Waals surface area contributed by atoms with Gasteiger partial charge >= 0.3 is 0 Å². The van der Waals surface area contributed by atoms with Crippen molar-refractivity contribution in [2.45, 2.75) is 0 Å². The van der Waals surface area contributed by atoms with Gasteiger partial charge in [0.2, 0.25) is 0 Å². The lowest BCUT2D eigenvalue weighted by Crippen LogP contribution is -1.91. The average Bonchev–Trinajstić information content (AvgIpc) is 3.81. The fourth-order valence-electron chi connectivity index (χ4n) is 8.26. The molecule has 0 fully saturated rings. The summed E-state index contributed by atoms with van der Waals surface area (Å²) in [5.74, 6) is 0. The summed E-state index contributed by atoms with van der Waals surface area (Å²) < 4.78 is 3.83. The standard InChI is InChI=1S/C51H32N2S/c1-4-14-35(15-5-1)44-31-39(32-45(52-44)36-16-6-2-7-17-36)34-26-24-33(25-27-34)38-28-29-40-43(30-38)49-42-21-11-13-23-47(42)54-51(49)53-46-22-12-10-20-41(46)48(50(40)53)37-18-8-3-9-19-37/h1-32H. The summed E-state index contributed by atoms with van der Waals surface area (Å²) in [5.41, 5.74) is 13.9. The Morgan fingerprint density at radius 1 is 0.370 bits per heavy atom. The molecule has 0 aliphatic heterocycles. The molecular formula is C51H32N2S. The zero-order chi connectivity index (χ0) is 35.6. The molecule has 0 spiro atoms. The van der Waals surface area contributed by atoms with E-state index in [-0.39, 0.29) is 0 Å². The van der Waals surface area contributed by atoms with E-state index in [1.807, 2.05) is 11.3 Å². The molecule has 252 valence electrons. The second kappa shape index (κ2) is 12.4. The largest absolute Gasteiger partial charge is 0.299 e. The zero-order valence-corrected chi connectivity index (χ0v) is 30.1. The molecule has 0 aliphatic rings. The number of aromatic nitrogens is 2. The Balaban J connectivity index is 1.11. The quantitative estimate of drug-likeness (QED) is 0.174. The maximum Gasteiger partial charge on any atom is 0.109 e. The lowest BCUT2D eigenvalue weighted by Gasteiger charge is -2.12. The molecule has 0 saturated carbocycles. The van der Waals surface area contributed by atoms with Crippen LogP contribution >= 0.6 is 11.3 Å². The molecule has 54 heavy (non-hydrogen) atoms. The predicted molar refractivity (Wildman–Crippen MR) is 230 cm³/mol. The normalized spacial score (nSPS) is 11.7. The molecule has 2 nitrogen and oxygen atoms in total. The minimum Gasteiger partial charge on any atom is -0.299 e. The molecule has 0 bridgehead atoms. The molecule has 11 rings (SSSR count). The summed E-state index contributed by atoms with van der Waals surface area (Å²) in [4.78, 5) is 6.38. The van der Waals surface area contributed by atoms with Gasteiger partial charge in [0.15, 0.2) is 0 Å². The van der Waals surface area contributed by atoms with Crippen molar-refractivity contribution in [3.8, 4) is 55.9 Å². The minimum atomic E-state index is 0.969. The number of thiophene rings is 1. The van der Waals surface area contributed by atoms with Crippen LogP contribution in [0.4, 0.5) is 0 Å². The summed E-state index contributed by atoms with van der Waals surface area (Å²) >= 11 is 1.89. The van der Waals surface area contributed by atoms with Gasteiger partial charge in [-0.25, -0.2) is 4.98 Å². The van der Waals surface area contributed by atoms with Crippen LogP contribution in [0.2, 0.25) is 0 Å². The number of pyridine rings is 2. The highest BCUT2D eigenvalue weighted by atomic mass is 32.1. The van der Waals surface area contributed by atoms with E-state index in [1.54, 1.807) is 0 Å². The third kappa shape index (κ3) is 4.90. The van der Waals surface area contributed by atoms with Crippen LogP contribution in [0.1, 0.15) is 0 Å². The van der Waals surface area contributed by atoms with Gasteiger partial charge in [-0.3, -0.25) is 4.40 Å². The van der Waals surface area contributed by atoms with Crippen molar-refractivity contribution in [2.75, 3.05) is 0 Å². The first-order chi connectivity index (χ1) is 26.8. The van der Waals surface area contributed by atoms with Gasteiger partial charge in [0.05, 0.1) is 22.4 Å². The number of benzene rings is 7. The highest BCUT2D eigenvalue weighted by molar-refractivity contribution is 7.25. The Labute approximate surface area is 316 Å². The van der Waals surface area contributed by atoms with Crippen molar-refractivity contribution in [3.63, 3.8) is 0 Å². The Morgan fingerprint density at radius 3 is 1.57 bits per heavy atom. The van der Waals surface area contributed by atoms with Gasteiger partial charge in [-0.1, -0.05) is 164 Å². The molecule has 0 atom stereocenters. The lowest BCUT2D eigenvalue weighted by molar-refractivity contribution is 1.32. The molecule has 4 heterocycles. The third-order valence-electron chi connectivity index (χ3n) is 10.8. The van der Waals surface area contributed by atoms with Crippen LogP contribution in [0.3, 0.4) is 0 Å². The van der Waals surface area contributed by atoms with Crippen LogP contribution < -0.4 is 0 Å². The summed E-state index contributed by atoms with van der Waals surface area (Å²) in [5, 5.41) is 6.44. The van der Waals surface area contributed by atoms with E-state index >= 15 is 0 Å². The first kappa shape index (κ1) is 30.8. The first-order valence-electron chi connectivity index (χ1n) is 18.4. The predicted octanol–water partition coefficient (Wildman–Crippen LogP) is 14.3. The van der Waals surface area contributed by atoms with E-state index < -0.39 is 0 Å². The SMILES string of the molecule is c1ccc(-c2cc(-c3ccc(-c4ccc5c(c4)c4c6ccccc6sc4n4c6ccccc6c(-c6ccccc6)c54)cc3)cc(-c3ccccc3)n2)cc1. The van der Waals surface area contributed by atoms with Gasteiger partial charge in [-0.05, 0) is 63.5 Å². The molecule has 0 unspecified atom stereocenters. The molecule has 0 N–H and O–H groups in total. The number of hydrogen-bond donors (Lipinski definition) is 0. The highest BCUT2D eigenvalue weighted by Crippen LogP contribution is 2.47. The Hall–Kier alpha value is -6.81. The third-order valence-corrected chi connectivity index (χ3v) is 11.9. The molecule has 11 aromatic rings. The molecule has 4 aromatic heterocycles. The van der Waals surface area contributed by atoms with Crippen LogP contribution in [0.15, 0.2) is 194 Å². The molecule has 0 amide bonds. The number of para-hydroxylation sites is 1. The molecule has 0 radical (unpaired) electrons. The minimum absolute atomic E-state index is 0.969. The van der Waals surface area contributed by atoms with E-state index in [0.29, 0.717) is 0 Å². The van der Waals surface area contributed by atoms with Crippen molar-refractivity contribution in [1.82, 2.24) is 9.38 Å². The summed E-state index contributed by atoms with van der Waals surface area (Å²) in [6.07, 6.45) is 0. The van der Waals surface area contributed by atoms with Crippen LogP contribution in [0, 0.1) is 0 Å². The van der Waals surface area contributed by atoms with Crippen molar-refractivity contribution in [3.05, 3.63) is 194 Å². The summed E-state index contributed by atoms with van der Waals surface area (Å²) in [6, 6.07) is 70.1. The zero-order valence-electron chi connectivity index (χ0n) is 29.3. The van der Waals surface area contributed by atoms with Gasteiger partial charge in [-0.15, -0.1) is 11.3 Å². The topological polar surface area (TPSA) is 17.3 Å². The number of fused-ring (bicyclic) bond motifs is 10. The van der Waals surface area contributed by atoms with Gasteiger partial charge in [0, 0.05) is 42.9 Å². The first-order valence-corrected chi connectivity index (χ1v) is 19.2. The molecular weight excluding hydrogens is 673 g/mol. The fraction of sp³-hybridized carbons (Fsp3) is 0. The van der Waals surface area contributed by atoms with Crippen LogP contribution in [-0.2, 0) is 0 Å². The van der Waals surface area contributed by atoms with E-state index in [0.717, 1.165) is 33.6 Å². The average molecular weight is 705 g/mol.